The molecule has 0 heterocycles. The number of rotatable bonds is 6. The van der Waals surface area contributed by atoms with Gasteiger partial charge in [0.05, 0.1) is 0 Å². The molecule has 3 aromatic carbocycles. The summed E-state index contributed by atoms with van der Waals surface area (Å²) in [4.78, 5) is 27.1. The third-order valence-electron chi connectivity index (χ3n) is 4.33. The minimum absolute atomic E-state index is 0.0415. The standard InChI is InChI=1S/C23H22N2O2S/c1-17(26)25(2)20-15-13-19(14-16-20)24-23(27)22(18-9-5-3-6-10-18)28-21-11-7-4-8-12-21/h3-16,22H,1-2H3,(H,24,27)/t22-/m0/s1. The van der Waals surface area contributed by atoms with Crippen LogP contribution < -0.4 is 10.2 Å². The Labute approximate surface area is 169 Å². The molecule has 0 radical (unpaired) electrons. The number of thioether (sulfide) groups is 1. The third-order valence-corrected chi connectivity index (χ3v) is 5.60. The van der Waals surface area contributed by atoms with Crippen LogP contribution in [-0.4, -0.2) is 18.9 Å². The molecule has 3 rings (SSSR count). The molecule has 0 spiro atoms. The van der Waals surface area contributed by atoms with E-state index < -0.39 is 0 Å². The molecule has 4 nitrogen and oxygen atoms in total. The third kappa shape index (κ3) is 5.02. The van der Waals surface area contributed by atoms with Gasteiger partial charge in [0.15, 0.2) is 0 Å². The molecule has 0 bridgehead atoms. The highest BCUT2D eigenvalue weighted by Crippen LogP contribution is 2.36. The Balaban J connectivity index is 1.78. The average Bonchev–Trinajstić information content (AvgIpc) is 2.73. The first-order chi connectivity index (χ1) is 13.5. The summed E-state index contributed by atoms with van der Waals surface area (Å²) in [5, 5.41) is 2.62. The molecule has 28 heavy (non-hydrogen) atoms. The largest absolute Gasteiger partial charge is 0.325 e. The smallest absolute Gasteiger partial charge is 0.242 e. The SMILES string of the molecule is CC(=O)N(C)c1ccc(NC(=O)[C@@H](Sc2ccccc2)c2ccccc2)cc1. The van der Waals surface area contributed by atoms with Crippen LogP contribution in [0, 0.1) is 0 Å². The fourth-order valence-electron chi connectivity index (χ4n) is 2.69. The van der Waals surface area contributed by atoms with Gasteiger partial charge in [-0.15, -0.1) is 11.8 Å². The number of hydrogen-bond acceptors (Lipinski definition) is 3. The van der Waals surface area contributed by atoms with Gasteiger partial charge in [0.1, 0.15) is 5.25 Å². The summed E-state index contributed by atoms with van der Waals surface area (Å²) in [5.41, 5.74) is 2.42. The van der Waals surface area contributed by atoms with Gasteiger partial charge in [-0.3, -0.25) is 9.59 Å². The Bertz CT molecular complexity index is 928. The van der Waals surface area contributed by atoms with Crippen molar-refractivity contribution < 1.29 is 9.59 Å². The summed E-state index contributed by atoms with van der Waals surface area (Å²) in [5.74, 6) is -0.132. The molecule has 3 aromatic rings. The zero-order valence-corrected chi connectivity index (χ0v) is 16.6. The molecular weight excluding hydrogens is 368 g/mol. The molecule has 0 saturated heterocycles. The minimum atomic E-state index is -0.372. The topological polar surface area (TPSA) is 49.4 Å². The quantitative estimate of drug-likeness (QED) is 0.593. The Hall–Kier alpha value is -3.05. The predicted molar refractivity (Wildman–Crippen MR) is 116 cm³/mol. The summed E-state index contributed by atoms with van der Waals surface area (Å²) < 4.78 is 0. The Morgan fingerprint density at radius 1 is 0.857 bits per heavy atom. The molecule has 142 valence electrons. The fraction of sp³-hybridized carbons (Fsp3) is 0.130. The van der Waals surface area contributed by atoms with Crippen LogP contribution in [0.2, 0.25) is 0 Å². The molecule has 1 N–H and O–H groups in total. The summed E-state index contributed by atoms with van der Waals surface area (Å²) >= 11 is 1.52. The Morgan fingerprint density at radius 3 is 2.00 bits per heavy atom. The lowest BCUT2D eigenvalue weighted by Gasteiger charge is -2.18. The Morgan fingerprint density at radius 2 is 1.43 bits per heavy atom. The zero-order valence-electron chi connectivity index (χ0n) is 15.8. The fourth-order valence-corrected chi connectivity index (χ4v) is 3.74. The molecule has 0 saturated carbocycles. The van der Waals surface area contributed by atoms with Gasteiger partial charge in [-0.2, -0.15) is 0 Å². The van der Waals surface area contributed by atoms with E-state index in [1.165, 1.54) is 18.7 Å². The van der Waals surface area contributed by atoms with Crippen molar-refractivity contribution in [3.8, 4) is 0 Å². The van der Waals surface area contributed by atoms with Crippen LogP contribution in [0.1, 0.15) is 17.7 Å². The van der Waals surface area contributed by atoms with Crippen molar-refractivity contribution >= 4 is 35.0 Å². The highest BCUT2D eigenvalue weighted by molar-refractivity contribution is 8.00. The first-order valence-electron chi connectivity index (χ1n) is 8.96. The summed E-state index contributed by atoms with van der Waals surface area (Å²) in [6.45, 7) is 1.51. The summed E-state index contributed by atoms with van der Waals surface area (Å²) in [7, 11) is 1.72. The van der Waals surface area contributed by atoms with Gasteiger partial charge in [-0.05, 0) is 42.0 Å². The van der Waals surface area contributed by atoms with Crippen LogP contribution in [0.15, 0.2) is 89.8 Å². The van der Waals surface area contributed by atoms with Gasteiger partial charge in [-0.1, -0.05) is 48.5 Å². The van der Waals surface area contributed by atoms with Gasteiger partial charge >= 0.3 is 0 Å². The molecule has 0 unspecified atom stereocenters. The van der Waals surface area contributed by atoms with Crippen molar-refractivity contribution in [1.82, 2.24) is 0 Å². The molecule has 1 atom stereocenters. The zero-order chi connectivity index (χ0) is 19.9. The summed E-state index contributed by atoms with van der Waals surface area (Å²) in [6, 6.07) is 26.9. The van der Waals surface area contributed by atoms with Gasteiger partial charge in [0, 0.05) is 30.2 Å². The van der Waals surface area contributed by atoms with E-state index in [1.54, 1.807) is 11.9 Å². The van der Waals surface area contributed by atoms with E-state index in [0.717, 1.165) is 16.1 Å². The van der Waals surface area contributed by atoms with E-state index in [4.69, 9.17) is 0 Å². The van der Waals surface area contributed by atoms with Gasteiger partial charge in [0.2, 0.25) is 11.8 Å². The van der Waals surface area contributed by atoms with Crippen molar-refractivity contribution in [2.24, 2.45) is 0 Å². The Kier molecular flexibility index (Phi) is 6.50. The number of carbonyl (C=O) groups is 2. The van der Waals surface area contributed by atoms with E-state index in [-0.39, 0.29) is 17.1 Å². The predicted octanol–water partition coefficient (Wildman–Crippen LogP) is 5.14. The lowest BCUT2D eigenvalue weighted by molar-refractivity contribution is -0.116. The first-order valence-corrected chi connectivity index (χ1v) is 9.84. The number of hydrogen-bond donors (Lipinski definition) is 1. The second kappa shape index (κ2) is 9.24. The van der Waals surface area contributed by atoms with E-state index in [2.05, 4.69) is 5.32 Å². The van der Waals surface area contributed by atoms with Crippen LogP contribution in [0.4, 0.5) is 11.4 Å². The highest BCUT2D eigenvalue weighted by atomic mass is 32.2. The first kappa shape index (κ1) is 19.7. The number of nitrogens with zero attached hydrogens (tertiary/aromatic N) is 1. The second-order valence-corrected chi connectivity index (χ2v) is 7.51. The number of anilines is 2. The average molecular weight is 391 g/mol. The van der Waals surface area contributed by atoms with Crippen LogP contribution in [0.5, 0.6) is 0 Å². The molecule has 0 aliphatic heterocycles. The molecular formula is C23H22N2O2S. The maximum atomic E-state index is 13.0. The van der Waals surface area contributed by atoms with Gasteiger partial charge in [-0.25, -0.2) is 0 Å². The van der Waals surface area contributed by atoms with Crippen molar-refractivity contribution in [2.75, 3.05) is 17.3 Å². The van der Waals surface area contributed by atoms with E-state index in [1.807, 2.05) is 84.9 Å². The van der Waals surface area contributed by atoms with Crippen molar-refractivity contribution in [2.45, 2.75) is 17.1 Å². The molecule has 2 amide bonds. The van der Waals surface area contributed by atoms with Crippen LogP contribution in [0.3, 0.4) is 0 Å². The normalized spacial score (nSPS) is 11.5. The van der Waals surface area contributed by atoms with E-state index in [9.17, 15) is 9.59 Å². The molecule has 0 aromatic heterocycles. The van der Waals surface area contributed by atoms with Crippen molar-refractivity contribution in [1.29, 1.82) is 0 Å². The minimum Gasteiger partial charge on any atom is -0.325 e. The van der Waals surface area contributed by atoms with Crippen LogP contribution in [-0.2, 0) is 9.59 Å². The maximum absolute atomic E-state index is 13.0. The van der Waals surface area contributed by atoms with E-state index in [0.29, 0.717) is 5.69 Å². The number of benzene rings is 3. The monoisotopic (exact) mass is 390 g/mol. The van der Waals surface area contributed by atoms with Gasteiger partial charge in [0.25, 0.3) is 0 Å². The second-order valence-electron chi connectivity index (χ2n) is 6.34. The summed E-state index contributed by atoms with van der Waals surface area (Å²) in [6.07, 6.45) is 0. The maximum Gasteiger partial charge on any atom is 0.242 e. The van der Waals surface area contributed by atoms with E-state index >= 15 is 0 Å². The van der Waals surface area contributed by atoms with Crippen LogP contribution in [0.25, 0.3) is 0 Å². The lowest BCUT2D eigenvalue weighted by atomic mass is 10.1. The molecule has 0 fully saturated rings. The lowest BCUT2D eigenvalue weighted by Crippen LogP contribution is -2.23. The molecule has 0 aliphatic rings. The number of nitrogens with one attached hydrogen (secondary N) is 1. The highest BCUT2D eigenvalue weighted by Gasteiger charge is 2.22. The van der Waals surface area contributed by atoms with Crippen LogP contribution >= 0.6 is 11.8 Å². The van der Waals surface area contributed by atoms with Crippen molar-refractivity contribution in [3.05, 3.63) is 90.5 Å². The number of carbonyl (C=O) groups excluding carboxylic acids is 2. The van der Waals surface area contributed by atoms with Gasteiger partial charge < -0.3 is 10.2 Å². The van der Waals surface area contributed by atoms with Crippen molar-refractivity contribution in [3.63, 3.8) is 0 Å². The molecule has 0 aliphatic carbocycles. The number of amides is 2. The molecule has 5 heteroatoms.